The van der Waals surface area contributed by atoms with E-state index in [1.807, 2.05) is 0 Å². The standard InChI is InChI=1S/C17H36N2O2.2C8H18/c1-3-5-6-7-9-12-15-18(4-2)16-13-10-8-11-14-17-19(20)21;2*1-3-5-7-8-6-4-2/h3-17H2,1-2H3;2*3-8H2,1-2H3. The van der Waals surface area contributed by atoms with Crippen LogP contribution in [0.1, 0.15) is 189 Å². The average molecular weight is 529 g/mol. The second-order valence-corrected chi connectivity index (χ2v) is 10.9. The molecule has 0 aromatic rings. The van der Waals surface area contributed by atoms with Gasteiger partial charge in [-0.15, -0.1) is 0 Å². The molecule has 0 bridgehead atoms. The third-order valence-electron chi connectivity index (χ3n) is 7.00. The Balaban J connectivity index is -0.000000589. The average Bonchev–Trinajstić information content (AvgIpc) is 2.90. The number of hydrogen-bond donors (Lipinski definition) is 0. The predicted molar refractivity (Wildman–Crippen MR) is 169 cm³/mol. The van der Waals surface area contributed by atoms with Crippen molar-refractivity contribution in [2.45, 2.75) is 189 Å². The summed E-state index contributed by atoms with van der Waals surface area (Å²) < 4.78 is 0. The number of nitrogens with zero attached hydrogens (tertiary/aromatic N) is 2. The van der Waals surface area contributed by atoms with E-state index in [-0.39, 0.29) is 11.5 Å². The first kappa shape index (κ1) is 40.9. The Hall–Kier alpha value is -0.640. The summed E-state index contributed by atoms with van der Waals surface area (Å²) in [6.07, 6.45) is 30.5. The molecule has 4 nitrogen and oxygen atoms in total. The van der Waals surface area contributed by atoms with Crippen LogP contribution in [0.4, 0.5) is 0 Å². The van der Waals surface area contributed by atoms with Crippen LogP contribution in [-0.4, -0.2) is 36.0 Å². The summed E-state index contributed by atoms with van der Waals surface area (Å²) in [6, 6.07) is 0. The molecule has 37 heavy (non-hydrogen) atoms. The van der Waals surface area contributed by atoms with Crippen LogP contribution in [0.5, 0.6) is 0 Å². The van der Waals surface area contributed by atoms with Crippen LogP contribution in [0, 0.1) is 10.1 Å². The van der Waals surface area contributed by atoms with Gasteiger partial charge in [-0.1, -0.05) is 164 Å². The second kappa shape index (κ2) is 39.9. The van der Waals surface area contributed by atoms with Crippen molar-refractivity contribution in [2.24, 2.45) is 0 Å². The number of nitro groups is 1. The van der Waals surface area contributed by atoms with Crippen LogP contribution in [0.3, 0.4) is 0 Å². The van der Waals surface area contributed by atoms with Crippen LogP contribution in [-0.2, 0) is 0 Å². The van der Waals surface area contributed by atoms with E-state index < -0.39 is 0 Å². The zero-order chi connectivity index (χ0) is 28.2. The fraction of sp³-hybridized carbons (Fsp3) is 1.00. The van der Waals surface area contributed by atoms with E-state index in [4.69, 9.17) is 0 Å². The molecule has 0 saturated heterocycles. The molecule has 0 saturated carbocycles. The topological polar surface area (TPSA) is 46.4 Å². The third-order valence-corrected chi connectivity index (χ3v) is 7.00. The van der Waals surface area contributed by atoms with E-state index in [1.165, 1.54) is 142 Å². The van der Waals surface area contributed by atoms with Crippen molar-refractivity contribution < 1.29 is 4.92 Å². The molecule has 226 valence electrons. The summed E-state index contributed by atoms with van der Waals surface area (Å²) in [5, 5.41) is 10.2. The van der Waals surface area contributed by atoms with Crippen LogP contribution < -0.4 is 0 Å². The van der Waals surface area contributed by atoms with Crippen molar-refractivity contribution in [3.05, 3.63) is 10.1 Å². The molecule has 0 rings (SSSR count). The van der Waals surface area contributed by atoms with Crippen molar-refractivity contribution in [1.29, 1.82) is 0 Å². The fourth-order valence-corrected chi connectivity index (χ4v) is 4.36. The van der Waals surface area contributed by atoms with Gasteiger partial charge in [-0.25, -0.2) is 0 Å². The first-order chi connectivity index (χ1) is 18.0. The SMILES string of the molecule is CCCCCCCC.CCCCCCCC.CCCCCCCCN(CC)CCCCCCC[N+](=O)[O-]. The van der Waals surface area contributed by atoms with Crippen molar-refractivity contribution in [2.75, 3.05) is 26.2 Å². The molecule has 0 aromatic heterocycles. The molecular weight excluding hydrogens is 456 g/mol. The zero-order valence-electron chi connectivity index (χ0n) is 26.8. The van der Waals surface area contributed by atoms with E-state index in [9.17, 15) is 10.1 Å². The number of hydrogen-bond acceptors (Lipinski definition) is 3. The maximum absolute atomic E-state index is 10.2. The normalized spacial score (nSPS) is 10.6. The number of rotatable bonds is 26. The van der Waals surface area contributed by atoms with Gasteiger partial charge in [-0.05, 0) is 38.9 Å². The summed E-state index contributed by atoms with van der Waals surface area (Å²) in [7, 11) is 0. The highest BCUT2D eigenvalue weighted by Crippen LogP contribution is 2.08. The van der Waals surface area contributed by atoms with Crippen molar-refractivity contribution in [3.8, 4) is 0 Å². The lowest BCUT2D eigenvalue weighted by Gasteiger charge is -2.20. The smallest absolute Gasteiger partial charge is 0.203 e. The minimum atomic E-state index is -0.209. The molecule has 0 aliphatic heterocycles. The molecule has 0 spiro atoms. The monoisotopic (exact) mass is 529 g/mol. The van der Waals surface area contributed by atoms with Gasteiger partial charge in [-0.3, -0.25) is 10.1 Å². The molecular formula is C33H72N2O2. The van der Waals surface area contributed by atoms with Gasteiger partial charge in [0.25, 0.3) is 0 Å². The van der Waals surface area contributed by atoms with Crippen LogP contribution in [0.25, 0.3) is 0 Å². The van der Waals surface area contributed by atoms with E-state index in [2.05, 4.69) is 46.4 Å². The Morgan fingerprint density at radius 2 is 0.703 bits per heavy atom. The first-order valence-corrected chi connectivity index (χ1v) is 16.9. The molecule has 0 heterocycles. The molecule has 0 aliphatic carbocycles. The summed E-state index contributed by atoms with van der Waals surface area (Å²) in [6.45, 7) is 17.3. The summed E-state index contributed by atoms with van der Waals surface area (Å²) >= 11 is 0. The van der Waals surface area contributed by atoms with Gasteiger partial charge in [0.1, 0.15) is 0 Å². The molecule has 4 heteroatoms. The van der Waals surface area contributed by atoms with Gasteiger partial charge in [-0.2, -0.15) is 0 Å². The van der Waals surface area contributed by atoms with Crippen molar-refractivity contribution in [3.63, 3.8) is 0 Å². The van der Waals surface area contributed by atoms with Crippen LogP contribution in [0.15, 0.2) is 0 Å². The molecule has 0 radical (unpaired) electrons. The Kier molecular flexibility index (Phi) is 44.0. The highest BCUT2D eigenvalue weighted by atomic mass is 16.6. The molecule has 0 atom stereocenters. The third kappa shape index (κ3) is 45.7. The van der Waals surface area contributed by atoms with Crippen molar-refractivity contribution in [1.82, 2.24) is 4.90 Å². The van der Waals surface area contributed by atoms with Gasteiger partial charge in [0.05, 0.1) is 0 Å². The van der Waals surface area contributed by atoms with E-state index >= 15 is 0 Å². The van der Waals surface area contributed by atoms with E-state index in [0.29, 0.717) is 0 Å². The first-order valence-electron chi connectivity index (χ1n) is 16.9. The quantitative estimate of drug-likeness (QED) is 0.0637. The van der Waals surface area contributed by atoms with Gasteiger partial charge in [0.15, 0.2) is 0 Å². The van der Waals surface area contributed by atoms with Gasteiger partial charge >= 0.3 is 0 Å². The van der Waals surface area contributed by atoms with E-state index in [0.717, 1.165) is 25.8 Å². The van der Waals surface area contributed by atoms with Gasteiger partial charge in [0, 0.05) is 11.3 Å². The molecule has 0 unspecified atom stereocenters. The van der Waals surface area contributed by atoms with Crippen molar-refractivity contribution >= 4 is 0 Å². The Labute approximate surface area is 235 Å². The highest BCUT2D eigenvalue weighted by molar-refractivity contribution is 4.57. The maximum atomic E-state index is 10.2. The Morgan fingerprint density at radius 1 is 0.432 bits per heavy atom. The lowest BCUT2D eigenvalue weighted by molar-refractivity contribution is -0.480. The lowest BCUT2D eigenvalue weighted by Crippen LogP contribution is -2.25. The molecule has 0 aliphatic rings. The zero-order valence-corrected chi connectivity index (χ0v) is 26.8. The molecule has 0 N–H and O–H groups in total. The Bertz CT molecular complexity index is 367. The largest absolute Gasteiger partial charge is 0.304 e. The predicted octanol–water partition coefficient (Wildman–Crippen LogP) is 11.6. The van der Waals surface area contributed by atoms with E-state index in [1.54, 1.807) is 0 Å². The lowest BCUT2D eigenvalue weighted by atomic mass is 10.1. The molecule has 0 amide bonds. The minimum absolute atomic E-state index is 0.138. The van der Waals surface area contributed by atoms with Gasteiger partial charge < -0.3 is 4.90 Å². The van der Waals surface area contributed by atoms with Gasteiger partial charge in [0.2, 0.25) is 6.54 Å². The summed E-state index contributed by atoms with van der Waals surface area (Å²) in [4.78, 5) is 12.5. The molecule has 0 aromatic carbocycles. The summed E-state index contributed by atoms with van der Waals surface area (Å²) in [5.74, 6) is 0. The summed E-state index contributed by atoms with van der Waals surface area (Å²) in [5.41, 5.74) is 0. The maximum Gasteiger partial charge on any atom is 0.203 e. The second-order valence-electron chi connectivity index (χ2n) is 10.9. The van der Waals surface area contributed by atoms with Crippen LogP contribution in [0.2, 0.25) is 0 Å². The minimum Gasteiger partial charge on any atom is -0.304 e. The highest BCUT2D eigenvalue weighted by Gasteiger charge is 2.02. The molecule has 0 fully saturated rings. The van der Waals surface area contributed by atoms with Crippen LogP contribution >= 0.6 is 0 Å². The number of unbranched alkanes of at least 4 members (excludes halogenated alkanes) is 19. The Morgan fingerprint density at radius 3 is 0.973 bits per heavy atom. The fourth-order valence-electron chi connectivity index (χ4n) is 4.36.